The van der Waals surface area contributed by atoms with Gasteiger partial charge in [-0.05, 0) is 6.08 Å². The van der Waals surface area contributed by atoms with Gasteiger partial charge in [0.05, 0.1) is 12.5 Å². The molecule has 0 aliphatic rings. The van der Waals surface area contributed by atoms with Crippen LogP contribution in [0.5, 0.6) is 0 Å². The topological polar surface area (TPSA) is 52.8 Å². The van der Waals surface area contributed by atoms with Gasteiger partial charge in [-0.15, -0.1) is 0 Å². The number of rotatable bonds is 1. The summed E-state index contributed by atoms with van der Waals surface area (Å²) in [5.74, 6) is 0. The van der Waals surface area contributed by atoms with E-state index in [0.717, 1.165) is 12.5 Å². The van der Waals surface area contributed by atoms with Crippen LogP contribution in [-0.4, -0.2) is 16.5 Å². The number of hydrogen-bond donors (Lipinski definition) is 2. The second-order valence-corrected chi connectivity index (χ2v) is 0.606. The predicted molar refractivity (Wildman–Crippen MR) is 22.0 cm³/mol. The highest BCUT2D eigenvalue weighted by molar-refractivity contribution is 5.69. The van der Waals surface area contributed by atoms with E-state index < -0.39 is 0 Å². The Kier molecular flexibility index (Phi) is 3.35. The number of aliphatic hydroxyl groups is 1. The fraction of sp³-hybridized carbons (Fsp3) is 0. The Labute approximate surface area is 35.2 Å². The molecule has 0 fully saturated rings. The minimum atomic E-state index is 0.778. The van der Waals surface area contributed by atoms with E-state index in [9.17, 15) is 0 Å². The molecule has 3 nitrogen and oxygen atoms in total. The molecule has 0 unspecified atom stereocenters. The van der Waals surface area contributed by atoms with Crippen LogP contribution in [0.3, 0.4) is 0 Å². The molecule has 0 radical (unpaired) electrons. The Balaban J connectivity index is 3.07. The lowest BCUT2D eigenvalue weighted by Crippen LogP contribution is -1.59. The first-order valence-corrected chi connectivity index (χ1v) is 1.38. The number of hydrogen-bond acceptors (Lipinski definition) is 3. The largest absolute Gasteiger partial charge is 0.516 e. The first-order chi connectivity index (χ1) is 2.91. The van der Waals surface area contributed by atoms with E-state index in [-0.39, 0.29) is 0 Å². The van der Waals surface area contributed by atoms with E-state index in [0.29, 0.717) is 0 Å². The van der Waals surface area contributed by atoms with Gasteiger partial charge in [0.2, 0.25) is 0 Å². The molecule has 6 heavy (non-hydrogen) atoms. The third kappa shape index (κ3) is 3.01. The zero-order valence-electron chi connectivity index (χ0n) is 3.07. The normalized spacial score (nSPS) is 11.3. The third-order valence-electron chi connectivity index (χ3n) is 0.239. The van der Waals surface area contributed by atoms with Crippen molar-refractivity contribution in [3.05, 3.63) is 12.3 Å². The fourth-order valence-corrected chi connectivity index (χ4v) is 0.0770. The zero-order chi connectivity index (χ0) is 4.83. The highest BCUT2D eigenvalue weighted by Crippen LogP contribution is 1.56. The molecule has 0 aliphatic heterocycles. The van der Waals surface area contributed by atoms with Crippen LogP contribution in [0.15, 0.2) is 17.5 Å². The predicted octanol–water partition coefficient (Wildman–Crippen LogP) is 0.518. The van der Waals surface area contributed by atoms with Gasteiger partial charge in [-0.2, -0.15) is 0 Å². The van der Waals surface area contributed by atoms with Crippen LogP contribution in [0.25, 0.3) is 0 Å². The van der Waals surface area contributed by atoms with Gasteiger partial charge in [0.15, 0.2) is 0 Å². The molecule has 0 rings (SSSR count). The summed E-state index contributed by atoms with van der Waals surface area (Å²) < 4.78 is 0. The van der Waals surface area contributed by atoms with E-state index in [1.807, 2.05) is 0 Å². The molecule has 0 atom stereocenters. The smallest absolute Gasteiger partial charge is 0.0808 e. The maximum Gasteiger partial charge on any atom is 0.0808 e. The number of allylic oxidation sites excluding steroid dienone is 1. The van der Waals surface area contributed by atoms with Crippen molar-refractivity contribution >= 4 is 6.21 Å². The molecule has 0 aromatic carbocycles. The quantitative estimate of drug-likeness (QED) is 0.212. The molecular weight excluding hydrogens is 82.0 g/mol. The summed E-state index contributed by atoms with van der Waals surface area (Å²) in [5, 5.41) is 18.0. The van der Waals surface area contributed by atoms with Gasteiger partial charge < -0.3 is 10.3 Å². The standard InChI is InChI=1S/C3H5NO2/c5-3-1-2-4-6/h1-3,5-6H/b3-1-,4-2?. The molecular formula is C3H5NO2. The van der Waals surface area contributed by atoms with Crippen LogP contribution < -0.4 is 0 Å². The maximum absolute atomic E-state index is 7.81. The van der Waals surface area contributed by atoms with Crippen molar-refractivity contribution in [1.29, 1.82) is 0 Å². The van der Waals surface area contributed by atoms with Crippen LogP contribution in [0.1, 0.15) is 0 Å². The lowest BCUT2D eigenvalue weighted by molar-refractivity contribution is 0.322. The van der Waals surface area contributed by atoms with Crippen molar-refractivity contribution in [2.75, 3.05) is 0 Å². The highest BCUT2D eigenvalue weighted by atomic mass is 16.4. The summed E-state index contributed by atoms with van der Waals surface area (Å²) in [6, 6.07) is 0. The SMILES string of the molecule is O/C=C\C=NO. The highest BCUT2D eigenvalue weighted by Gasteiger charge is 1.52. The lowest BCUT2D eigenvalue weighted by atomic mass is 10.7. The first kappa shape index (κ1) is 5.01. The van der Waals surface area contributed by atoms with E-state index in [1.54, 1.807) is 0 Å². The monoisotopic (exact) mass is 87.0 g/mol. The minimum Gasteiger partial charge on any atom is -0.516 e. The molecule has 0 aliphatic carbocycles. The van der Waals surface area contributed by atoms with E-state index >= 15 is 0 Å². The molecule has 2 N–H and O–H groups in total. The van der Waals surface area contributed by atoms with Crippen LogP contribution in [0, 0.1) is 0 Å². The summed E-state index contributed by atoms with van der Waals surface area (Å²) in [6.45, 7) is 0. The molecule has 0 bridgehead atoms. The molecule has 0 spiro atoms. The molecule has 34 valence electrons. The van der Waals surface area contributed by atoms with Gasteiger partial charge in [0.25, 0.3) is 0 Å². The number of nitrogens with zero attached hydrogens (tertiary/aromatic N) is 1. The second-order valence-electron chi connectivity index (χ2n) is 0.606. The second kappa shape index (κ2) is 4.01. The van der Waals surface area contributed by atoms with Crippen LogP contribution in [-0.2, 0) is 0 Å². The van der Waals surface area contributed by atoms with Gasteiger partial charge in [-0.25, -0.2) is 0 Å². The summed E-state index contributed by atoms with van der Waals surface area (Å²) in [6.07, 6.45) is 3.03. The molecule has 0 aromatic heterocycles. The summed E-state index contributed by atoms with van der Waals surface area (Å²) >= 11 is 0. The van der Waals surface area contributed by atoms with Crippen molar-refractivity contribution in [1.82, 2.24) is 0 Å². The van der Waals surface area contributed by atoms with Crippen molar-refractivity contribution in [3.63, 3.8) is 0 Å². The Bertz CT molecular complexity index is 57.2. The average molecular weight is 87.1 g/mol. The third-order valence-corrected chi connectivity index (χ3v) is 0.239. The Morgan fingerprint density at radius 3 is 2.33 bits per heavy atom. The van der Waals surface area contributed by atoms with Gasteiger partial charge in [-0.3, -0.25) is 0 Å². The number of aliphatic hydroxyl groups excluding tert-OH is 1. The molecule has 0 heterocycles. The maximum atomic E-state index is 7.81. The van der Waals surface area contributed by atoms with Crippen molar-refractivity contribution in [2.45, 2.75) is 0 Å². The Morgan fingerprint density at radius 1 is 1.50 bits per heavy atom. The molecule has 0 saturated heterocycles. The molecule has 3 heteroatoms. The molecule has 0 aromatic rings. The summed E-state index contributed by atoms with van der Waals surface area (Å²) in [5.41, 5.74) is 0. The van der Waals surface area contributed by atoms with Crippen LogP contribution in [0.2, 0.25) is 0 Å². The van der Waals surface area contributed by atoms with E-state index in [2.05, 4.69) is 5.16 Å². The molecule has 0 amide bonds. The summed E-state index contributed by atoms with van der Waals surface area (Å²) in [7, 11) is 0. The first-order valence-electron chi connectivity index (χ1n) is 1.38. The fourth-order valence-electron chi connectivity index (χ4n) is 0.0770. The Morgan fingerprint density at radius 2 is 2.17 bits per heavy atom. The van der Waals surface area contributed by atoms with Crippen molar-refractivity contribution in [2.24, 2.45) is 5.16 Å². The van der Waals surface area contributed by atoms with Gasteiger partial charge >= 0.3 is 0 Å². The average Bonchev–Trinajstić information content (AvgIpc) is 1.61. The van der Waals surface area contributed by atoms with Crippen LogP contribution >= 0.6 is 0 Å². The molecule has 0 saturated carbocycles. The van der Waals surface area contributed by atoms with E-state index in [1.165, 1.54) is 6.08 Å². The summed E-state index contributed by atoms with van der Waals surface area (Å²) in [4.78, 5) is 0. The van der Waals surface area contributed by atoms with Gasteiger partial charge in [0, 0.05) is 0 Å². The van der Waals surface area contributed by atoms with Gasteiger partial charge in [0.1, 0.15) is 0 Å². The Hall–Kier alpha value is -0.990. The number of oxime groups is 1. The lowest BCUT2D eigenvalue weighted by Gasteiger charge is -1.63. The van der Waals surface area contributed by atoms with Gasteiger partial charge in [-0.1, -0.05) is 5.16 Å². The van der Waals surface area contributed by atoms with Crippen LogP contribution in [0.4, 0.5) is 0 Å². The van der Waals surface area contributed by atoms with Crippen molar-refractivity contribution < 1.29 is 10.3 Å². The van der Waals surface area contributed by atoms with Crippen molar-refractivity contribution in [3.8, 4) is 0 Å². The zero-order valence-corrected chi connectivity index (χ0v) is 3.07. The minimum absolute atomic E-state index is 0.778. The van der Waals surface area contributed by atoms with E-state index in [4.69, 9.17) is 10.3 Å².